The summed E-state index contributed by atoms with van der Waals surface area (Å²) in [6.45, 7) is 11.2. The second-order valence-electron chi connectivity index (χ2n) is 14.1. The maximum absolute atomic E-state index is 14.5. The van der Waals surface area contributed by atoms with Crippen LogP contribution in [0.2, 0.25) is 0 Å². The molecular formula is C35H43NO7. The van der Waals surface area contributed by atoms with Crippen LogP contribution >= 0.6 is 0 Å². The molecule has 0 aliphatic heterocycles. The number of rotatable bonds is 5. The number of aromatic hydroxyl groups is 1. The maximum atomic E-state index is 14.5. The minimum atomic E-state index is -2.53. The highest BCUT2D eigenvalue weighted by Crippen LogP contribution is 2.66. The summed E-state index contributed by atoms with van der Waals surface area (Å²) in [4.78, 5) is 40.8. The van der Waals surface area contributed by atoms with Gasteiger partial charge in [-0.05, 0) is 58.8 Å². The molecule has 43 heavy (non-hydrogen) atoms. The first-order valence-electron chi connectivity index (χ1n) is 15.1. The number of amides is 1. The number of carbonyl (C=O) groups is 3. The number of phenolic OH excluding ortho intramolecular Hbond substituents is 1. The van der Waals surface area contributed by atoms with Crippen LogP contribution in [-0.2, 0) is 16.0 Å². The van der Waals surface area contributed by atoms with Gasteiger partial charge in [-0.3, -0.25) is 14.4 Å². The highest BCUT2D eigenvalue weighted by molar-refractivity contribution is 6.09. The predicted octanol–water partition coefficient (Wildman–Crippen LogP) is 3.87. The van der Waals surface area contributed by atoms with Crippen molar-refractivity contribution in [3.8, 4) is 5.75 Å². The van der Waals surface area contributed by atoms with Crippen molar-refractivity contribution in [1.29, 1.82) is 0 Å². The number of aliphatic hydroxyl groups excluding tert-OH is 2. The third-order valence-corrected chi connectivity index (χ3v) is 10.7. The van der Waals surface area contributed by atoms with Crippen molar-refractivity contribution in [3.05, 3.63) is 64.2 Å². The lowest BCUT2D eigenvalue weighted by Gasteiger charge is -2.66. The van der Waals surface area contributed by atoms with Crippen molar-refractivity contribution in [2.24, 2.45) is 40.2 Å². The molecule has 5 rings (SSSR count). The van der Waals surface area contributed by atoms with Crippen LogP contribution in [0, 0.1) is 34.5 Å². The van der Waals surface area contributed by atoms with Crippen LogP contribution < -0.4 is 5.73 Å². The number of fused-ring (bicyclic) bond motifs is 3. The van der Waals surface area contributed by atoms with Gasteiger partial charge in [0, 0.05) is 11.0 Å². The van der Waals surface area contributed by atoms with Gasteiger partial charge >= 0.3 is 0 Å². The standard InChI is InChI=1S/C35H43NO7/c1-17(2)21-14-20(13-12-19-10-8-7-9-11-19)27(37)23-22(21)15-33(5)16-34(6)25(18(3)4)29(39)24(32(36)42)30(40)35(34,43)31(41)26(33)28(23)38/h7-14,17-18,24-26,29,31,37,39,41,43H,15-16H2,1-6H3,(H2,36,42)/t24-,25+,26-,29?,31?,33-,34-,35+/m1/s1. The Labute approximate surface area is 252 Å². The zero-order valence-electron chi connectivity index (χ0n) is 25.7. The first-order valence-corrected chi connectivity index (χ1v) is 15.1. The average molecular weight is 590 g/mol. The van der Waals surface area contributed by atoms with Gasteiger partial charge in [0.15, 0.2) is 17.2 Å². The molecule has 0 heterocycles. The number of Topliss-reactive ketones (excluding diaryl/α,β-unsaturated/α-hetero) is 2. The van der Waals surface area contributed by atoms with Crippen LogP contribution in [-0.4, -0.2) is 55.7 Å². The van der Waals surface area contributed by atoms with E-state index in [9.17, 15) is 34.8 Å². The molecule has 2 unspecified atom stereocenters. The Morgan fingerprint density at radius 3 is 2.23 bits per heavy atom. The number of carbonyl (C=O) groups excluding carboxylic acids is 3. The minimum absolute atomic E-state index is 0.00465. The number of nitrogens with two attached hydrogens (primary N) is 1. The van der Waals surface area contributed by atoms with Crippen molar-refractivity contribution >= 4 is 29.6 Å². The fourth-order valence-corrected chi connectivity index (χ4v) is 9.04. The van der Waals surface area contributed by atoms with Crippen LogP contribution in [0.1, 0.15) is 86.5 Å². The Hall–Kier alpha value is -3.33. The zero-order valence-corrected chi connectivity index (χ0v) is 25.7. The molecule has 0 radical (unpaired) electrons. The number of hydrogen-bond acceptors (Lipinski definition) is 7. The van der Waals surface area contributed by atoms with E-state index in [4.69, 9.17) is 5.73 Å². The van der Waals surface area contributed by atoms with Gasteiger partial charge in [-0.1, -0.05) is 84.0 Å². The van der Waals surface area contributed by atoms with Crippen LogP contribution in [0.4, 0.5) is 0 Å². The molecule has 0 bridgehead atoms. The van der Waals surface area contributed by atoms with Crippen LogP contribution in [0.5, 0.6) is 5.75 Å². The van der Waals surface area contributed by atoms with Gasteiger partial charge < -0.3 is 26.2 Å². The molecule has 2 fully saturated rings. The van der Waals surface area contributed by atoms with Crippen molar-refractivity contribution in [2.75, 3.05) is 0 Å². The summed E-state index contributed by atoms with van der Waals surface area (Å²) in [5, 5.41) is 47.2. The second-order valence-corrected chi connectivity index (χ2v) is 14.1. The molecule has 8 atom stereocenters. The quantitative estimate of drug-likeness (QED) is 0.262. The molecule has 2 saturated carbocycles. The number of aliphatic hydroxyl groups is 3. The number of primary amides is 1. The molecule has 2 aromatic carbocycles. The first kappa shape index (κ1) is 31.1. The van der Waals surface area contributed by atoms with Gasteiger partial charge in [0.25, 0.3) is 0 Å². The van der Waals surface area contributed by atoms with Crippen LogP contribution in [0.15, 0.2) is 36.4 Å². The lowest BCUT2D eigenvalue weighted by Crippen LogP contribution is -2.79. The number of ketones is 2. The van der Waals surface area contributed by atoms with E-state index < -0.39 is 63.9 Å². The average Bonchev–Trinajstić information content (AvgIpc) is 2.90. The molecule has 0 spiro atoms. The highest BCUT2D eigenvalue weighted by atomic mass is 16.4. The topological polar surface area (TPSA) is 158 Å². The fraction of sp³-hybridized carbons (Fsp3) is 0.514. The van der Waals surface area contributed by atoms with E-state index in [1.54, 1.807) is 13.0 Å². The lowest BCUT2D eigenvalue weighted by atomic mass is 9.39. The predicted molar refractivity (Wildman–Crippen MR) is 163 cm³/mol. The van der Waals surface area contributed by atoms with Gasteiger partial charge in [0.2, 0.25) is 5.91 Å². The lowest BCUT2D eigenvalue weighted by molar-refractivity contribution is -0.265. The zero-order chi connectivity index (χ0) is 31.8. The number of benzene rings is 2. The Morgan fingerprint density at radius 1 is 1.05 bits per heavy atom. The monoisotopic (exact) mass is 589 g/mol. The van der Waals surface area contributed by atoms with E-state index in [0.717, 1.165) is 11.1 Å². The first-order chi connectivity index (χ1) is 20.0. The Bertz CT molecular complexity index is 1510. The molecule has 8 heteroatoms. The number of hydrogen-bond donors (Lipinski definition) is 5. The Kier molecular flexibility index (Phi) is 7.52. The Balaban J connectivity index is 1.71. The van der Waals surface area contributed by atoms with Crippen molar-refractivity contribution in [2.45, 2.75) is 78.1 Å². The third kappa shape index (κ3) is 4.32. The molecule has 3 aliphatic carbocycles. The molecule has 2 aromatic rings. The molecule has 6 N–H and O–H groups in total. The summed E-state index contributed by atoms with van der Waals surface area (Å²) in [5.74, 6) is -6.98. The molecule has 3 aliphatic rings. The van der Waals surface area contributed by atoms with Gasteiger partial charge in [-0.2, -0.15) is 0 Å². The summed E-state index contributed by atoms with van der Waals surface area (Å²) in [6, 6.07) is 11.4. The summed E-state index contributed by atoms with van der Waals surface area (Å²) in [6.07, 6.45) is 0.660. The van der Waals surface area contributed by atoms with E-state index in [1.165, 1.54) is 0 Å². The molecule has 0 saturated heterocycles. The van der Waals surface area contributed by atoms with E-state index >= 15 is 0 Å². The minimum Gasteiger partial charge on any atom is -0.507 e. The second kappa shape index (κ2) is 10.4. The summed E-state index contributed by atoms with van der Waals surface area (Å²) >= 11 is 0. The summed E-state index contributed by atoms with van der Waals surface area (Å²) in [7, 11) is 0. The fourth-order valence-electron chi connectivity index (χ4n) is 9.04. The van der Waals surface area contributed by atoms with E-state index in [0.29, 0.717) is 17.5 Å². The van der Waals surface area contributed by atoms with E-state index in [2.05, 4.69) is 0 Å². The number of phenols is 1. The molecule has 1 amide bonds. The Morgan fingerprint density at radius 2 is 1.67 bits per heavy atom. The normalized spacial score (nSPS) is 35.7. The molecule has 8 nitrogen and oxygen atoms in total. The van der Waals surface area contributed by atoms with E-state index in [1.807, 2.05) is 77.1 Å². The SMILES string of the molecule is CC(C)c1cc(C=Cc2ccccc2)c(O)c2c1C[C@]1(C)C[C@]3(C)[C@@H](C(C)C)C(O)[C@@H](C(N)=O)C(=O)[C@]3(O)C(O)[C@H]1C2=O. The largest absolute Gasteiger partial charge is 0.507 e. The van der Waals surface area contributed by atoms with Crippen molar-refractivity contribution in [1.82, 2.24) is 0 Å². The summed E-state index contributed by atoms with van der Waals surface area (Å²) in [5.41, 5.74) is 3.74. The van der Waals surface area contributed by atoms with E-state index in [-0.39, 0.29) is 29.6 Å². The molecule has 230 valence electrons. The van der Waals surface area contributed by atoms with Crippen molar-refractivity contribution < 1.29 is 34.8 Å². The van der Waals surface area contributed by atoms with Gasteiger partial charge in [0.05, 0.1) is 17.6 Å². The third-order valence-electron chi connectivity index (χ3n) is 10.7. The van der Waals surface area contributed by atoms with Gasteiger partial charge in [0.1, 0.15) is 17.8 Å². The maximum Gasteiger partial charge on any atom is 0.230 e. The van der Waals surface area contributed by atoms with Crippen LogP contribution in [0.25, 0.3) is 12.2 Å². The van der Waals surface area contributed by atoms with Crippen molar-refractivity contribution in [3.63, 3.8) is 0 Å². The van der Waals surface area contributed by atoms with Gasteiger partial charge in [-0.15, -0.1) is 0 Å². The van der Waals surface area contributed by atoms with Crippen LogP contribution in [0.3, 0.4) is 0 Å². The van der Waals surface area contributed by atoms with Gasteiger partial charge in [-0.25, -0.2) is 0 Å². The molecule has 0 aromatic heterocycles. The summed E-state index contributed by atoms with van der Waals surface area (Å²) < 4.78 is 0. The highest BCUT2D eigenvalue weighted by Gasteiger charge is 2.75. The smallest absolute Gasteiger partial charge is 0.230 e. The molecular weight excluding hydrogens is 546 g/mol.